The fourth-order valence-electron chi connectivity index (χ4n) is 8.35. The van der Waals surface area contributed by atoms with Gasteiger partial charge in [0, 0.05) is 40.4 Å². The Morgan fingerprint density at radius 2 is 1.81 bits per heavy atom. The van der Waals surface area contributed by atoms with Crippen LogP contribution in [0, 0.1) is 12.8 Å². The first-order chi connectivity index (χ1) is 29.8. The number of hydrogen-bond donors (Lipinski definition) is 4. The summed E-state index contributed by atoms with van der Waals surface area (Å²) in [6.07, 6.45) is 7.48. The van der Waals surface area contributed by atoms with Crippen molar-refractivity contribution in [1.29, 1.82) is 0 Å². The van der Waals surface area contributed by atoms with Crippen LogP contribution in [-0.2, 0) is 24.4 Å². The first-order valence-electron chi connectivity index (χ1n) is 21.3. The smallest absolute Gasteiger partial charge is 0.319 e. The van der Waals surface area contributed by atoms with Gasteiger partial charge in [0.1, 0.15) is 45.9 Å². The Labute approximate surface area is 365 Å². The van der Waals surface area contributed by atoms with Crippen molar-refractivity contribution in [3.05, 3.63) is 77.3 Å². The molecule has 2 aliphatic heterocycles. The van der Waals surface area contributed by atoms with Crippen LogP contribution < -0.4 is 30.1 Å². The minimum atomic E-state index is -3.92. The highest BCUT2D eigenvalue weighted by atomic mass is 32.2. The van der Waals surface area contributed by atoms with E-state index in [1.807, 2.05) is 48.7 Å². The van der Waals surface area contributed by atoms with E-state index >= 15 is 0 Å². The third kappa shape index (κ3) is 9.14. The maximum absolute atomic E-state index is 14.8. The van der Waals surface area contributed by atoms with E-state index in [2.05, 4.69) is 34.5 Å². The fraction of sp³-hybridized carbons (Fsp3) is 0.467. The van der Waals surface area contributed by atoms with Crippen LogP contribution in [0.15, 0.2) is 66.1 Å². The number of nitrogens with one attached hydrogen (secondary N) is 4. The van der Waals surface area contributed by atoms with Crippen LogP contribution in [0.2, 0.25) is 0 Å². The van der Waals surface area contributed by atoms with Gasteiger partial charge in [-0.3, -0.25) is 19.1 Å². The maximum Gasteiger partial charge on any atom is 0.319 e. The van der Waals surface area contributed by atoms with Gasteiger partial charge in [-0.1, -0.05) is 57.0 Å². The monoisotopic (exact) mass is 883 g/mol. The van der Waals surface area contributed by atoms with Crippen LogP contribution in [0.4, 0.5) is 10.5 Å². The lowest BCUT2D eigenvalue weighted by Crippen LogP contribution is -2.58. The second kappa shape index (κ2) is 17.7. The third-order valence-electron chi connectivity index (χ3n) is 12.2. The lowest BCUT2D eigenvalue weighted by molar-refractivity contribution is -0.141. The van der Waals surface area contributed by atoms with Crippen molar-refractivity contribution < 1.29 is 37.1 Å². The number of fused-ring (bicyclic) bond motifs is 3. The summed E-state index contributed by atoms with van der Waals surface area (Å²) in [4.78, 5) is 68.1. The van der Waals surface area contributed by atoms with Gasteiger partial charge in [-0.25, -0.2) is 23.2 Å². The average molecular weight is 884 g/mol. The number of urea groups is 1. The SMILES string of the molecule is COc1ccc2c(O[C@@H]3C[C@H]4C(=O)N[C@]5(C(=O)NS(=O)(=O)C6CC6)C[C@H]5/C=C/CCCCC[C@H](NC(=O)Nc5ccccc5)C(=O)N4C3)cc(-c3nc(C(C)C)cs3)nc2c1C. The van der Waals surface area contributed by atoms with Crippen LogP contribution in [0.1, 0.15) is 88.8 Å². The molecular weight excluding hydrogens is 831 g/mol. The van der Waals surface area contributed by atoms with Crippen molar-refractivity contribution in [2.24, 2.45) is 5.92 Å². The highest BCUT2D eigenvalue weighted by Crippen LogP contribution is 2.46. The number of methoxy groups -OCH3 is 1. The van der Waals surface area contributed by atoms with Crippen molar-refractivity contribution in [2.45, 2.75) is 113 Å². The molecule has 5 atom stereocenters. The number of pyridine rings is 1. The number of para-hydroxylation sites is 1. The Bertz CT molecular complexity index is 2510. The Morgan fingerprint density at radius 1 is 1.02 bits per heavy atom. The van der Waals surface area contributed by atoms with E-state index in [9.17, 15) is 27.6 Å². The van der Waals surface area contributed by atoms with Gasteiger partial charge in [0.25, 0.3) is 5.91 Å². The Morgan fingerprint density at radius 3 is 2.53 bits per heavy atom. The zero-order valence-corrected chi connectivity index (χ0v) is 36.9. The average Bonchev–Trinajstić information content (AvgIpc) is 4.12. The number of nitrogens with zero attached hydrogens (tertiary/aromatic N) is 3. The Hall–Kier alpha value is -5.55. The molecule has 3 fully saturated rings. The van der Waals surface area contributed by atoms with E-state index in [1.165, 1.54) is 16.2 Å². The van der Waals surface area contributed by atoms with Crippen molar-refractivity contribution >= 4 is 61.7 Å². The van der Waals surface area contributed by atoms with Crippen LogP contribution in [0.25, 0.3) is 21.6 Å². The molecule has 5 amide bonds. The quantitative estimate of drug-likeness (QED) is 0.130. The summed E-state index contributed by atoms with van der Waals surface area (Å²) < 4.78 is 40.7. The molecule has 62 heavy (non-hydrogen) atoms. The summed E-state index contributed by atoms with van der Waals surface area (Å²) >= 11 is 1.48. The highest BCUT2D eigenvalue weighted by Gasteiger charge is 2.62. The normalized spacial score (nSPS) is 24.8. The number of allylic oxidation sites excluding steroid dienone is 1. The summed E-state index contributed by atoms with van der Waals surface area (Å²) in [6.45, 7) is 6.05. The van der Waals surface area contributed by atoms with Gasteiger partial charge in [0.15, 0.2) is 0 Å². The number of hydrogen-bond acceptors (Lipinski definition) is 11. The lowest BCUT2D eigenvalue weighted by Gasteiger charge is -2.30. The Balaban J connectivity index is 1.14. The van der Waals surface area contributed by atoms with E-state index in [0.29, 0.717) is 70.9 Å². The molecule has 2 aliphatic carbocycles. The molecule has 0 bridgehead atoms. The molecule has 8 rings (SSSR count). The molecule has 17 heteroatoms. The third-order valence-corrected chi connectivity index (χ3v) is 14.9. The van der Waals surface area contributed by atoms with Gasteiger partial charge in [-0.15, -0.1) is 11.3 Å². The van der Waals surface area contributed by atoms with Crippen molar-refractivity contribution in [3.63, 3.8) is 0 Å². The number of carbonyl (C=O) groups excluding carboxylic acids is 4. The van der Waals surface area contributed by atoms with Crippen molar-refractivity contribution in [3.8, 4) is 22.2 Å². The molecule has 2 saturated carbocycles. The van der Waals surface area contributed by atoms with E-state index in [1.54, 1.807) is 31.4 Å². The maximum atomic E-state index is 14.8. The first kappa shape index (κ1) is 43.1. The van der Waals surface area contributed by atoms with Crippen LogP contribution in [0.5, 0.6) is 11.5 Å². The van der Waals surface area contributed by atoms with E-state index in [-0.39, 0.29) is 25.3 Å². The molecule has 4 N–H and O–H groups in total. The highest BCUT2D eigenvalue weighted by molar-refractivity contribution is 7.91. The van der Waals surface area contributed by atoms with Gasteiger partial charge >= 0.3 is 6.03 Å². The summed E-state index contributed by atoms with van der Waals surface area (Å²) in [5.41, 5.74) is 2.01. The predicted octanol–water partition coefficient (Wildman–Crippen LogP) is 6.34. The van der Waals surface area contributed by atoms with Crippen LogP contribution >= 0.6 is 11.3 Å². The number of aromatic nitrogens is 2. The van der Waals surface area contributed by atoms with Gasteiger partial charge < -0.3 is 30.3 Å². The molecule has 15 nitrogen and oxygen atoms in total. The molecule has 0 unspecified atom stereocenters. The second-order valence-corrected chi connectivity index (χ2v) is 19.9. The van der Waals surface area contributed by atoms with Gasteiger partial charge in [-0.2, -0.15) is 0 Å². The molecule has 4 heterocycles. The van der Waals surface area contributed by atoms with Gasteiger partial charge in [0.2, 0.25) is 21.8 Å². The minimum Gasteiger partial charge on any atom is -0.496 e. The molecule has 4 aliphatic rings. The standard InChI is InChI=1S/C45H53N7O8S2/c1-26(2)35-25-61-41(48-35)34-22-38(32-19-20-37(59-4)27(3)39(32)47-34)60-30-21-36-40(53)50-45(43(55)51-62(57,58)31-17-18-31)23-28(45)13-9-6-5-7-12-16-33(42(54)52(36)24-30)49-44(56)46-29-14-10-8-11-15-29/h8-11,13-15,19-20,22,25-26,28,30-31,33,36H,5-7,12,16-18,21,23-24H2,1-4H3,(H,50,53)(H,51,55)(H2,46,49,56)/b13-9+/t28-,30-,33+,36+,45-/m1/s1. The molecule has 2 aromatic carbocycles. The first-order valence-corrected chi connectivity index (χ1v) is 23.8. The topological polar surface area (TPSA) is 198 Å². The van der Waals surface area contributed by atoms with Crippen LogP contribution in [0.3, 0.4) is 0 Å². The number of thiazole rings is 1. The second-order valence-electron chi connectivity index (χ2n) is 17.0. The van der Waals surface area contributed by atoms with E-state index < -0.39 is 68.7 Å². The zero-order chi connectivity index (χ0) is 43.8. The van der Waals surface area contributed by atoms with Gasteiger partial charge in [0.05, 0.1) is 30.1 Å². The summed E-state index contributed by atoms with van der Waals surface area (Å²) in [6, 6.07) is 11.7. The van der Waals surface area contributed by atoms with Crippen molar-refractivity contribution in [2.75, 3.05) is 19.0 Å². The number of amides is 5. The minimum absolute atomic E-state index is 0.0168. The number of rotatable bonds is 10. The summed E-state index contributed by atoms with van der Waals surface area (Å²) in [7, 11) is -2.32. The Kier molecular flexibility index (Phi) is 12.3. The molecule has 2 aromatic heterocycles. The van der Waals surface area contributed by atoms with E-state index in [4.69, 9.17) is 19.4 Å². The number of anilines is 1. The zero-order valence-electron chi connectivity index (χ0n) is 35.3. The van der Waals surface area contributed by atoms with Crippen LogP contribution in [-0.4, -0.2) is 89.7 Å². The number of carbonyl (C=O) groups is 4. The number of aryl methyl sites for hydroxylation is 1. The van der Waals surface area contributed by atoms with Crippen molar-refractivity contribution in [1.82, 2.24) is 30.2 Å². The molecular formula is C45H53N7O8S2. The van der Waals surface area contributed by atoms with Gasteiger partial charge in [-0.05, 0) is 75.6 Å². The molecule has 1 saturated heterocycles. The molecule has 0 radical (unpaired) electrons. The number of ether oxygens (including phenoxy) is 2. The lowest BCUT2D eigenvalue weighted by atomic mass is 10.0. The number of sulfonamides is 1. The largest absolute Gasteiger partial charge is 0.496 e. The number of benzene rings is 2. The predicted molar refractivity (Wildman–Crippen MR) is 236 cm³/mol. The fourth-order valence-corrected chi connectivity index (χ4v) is 10.7. The molecule has 4 aromatic rings. The molecule has 328 valence electrons. The molecule has 0 spiro atoms. The summed E-state index contributed by atoms with van der Waals surface area (Å²) in [5.74, 6) is -0.988. The van der Waals surface area contributed by atoms with E-state index in [0.717, 1.165) is 24.1 Å². The summed E-state index contributed by atoms with van der Waals surface area (Å²) in [5, 5.41) is 11.4.